The van der Waals surface area contributed by atoms with Gasteiger partial charge in [0.15, 0.2) is 0 Å². The van der Waals surface area contributed by atoms with Gasteiger partial charge in [-0.1, -0.05) is 43.5 Å². The van der Waals surface area contributed by atoms with Crippen LogP contribution in [-0.2, 0) is 17.8 Å². The molecule has 0 fully saturated rings. The van der Waals surface area contributed by atoms with Crippen molar-refractivity contribution in [1.29, 1.82) is 0 Å². The minimum atomic E-state index is -0.320. The highest BCUT2D eigenvalue weighted by Crippen LogP contribution is 2.19. The Morgan fingerprint density at radius 2 is 2.00 bits per heavy atom. The maximum Gasteiger partial charge on any atom is 0.254 e. The first-order valence-corrected chi connectivity index (χ1v) is 9.17. The molecule has 1 heterocycles. The van der Waals surface area contributed by atoms with Gasteiger partial charge in [0.2, 0.25) is 5.91 Å². The number of amides is 1. The Balaban J connectivity index is 2.34. The van der Waals surface area contributed by atoms with Gasteiger partial charge >= 0.3 is 0 Å². The van der Waals surface area contributed by atoms with Crippen LogP contribution in [0.25, 0.3) is 11.3 Å². The van der Waals surface area contributed by atoms with Crippen molar-refractivity contribution in [2.45, 2.75) is 39.2 Å². The minimum Gasteiger partial charge on any atom is -0.395 e. The summed E-state index contributed by atoms with van der Waals surface area (Å²) in [5.74, 6) is 0.272. The van der Waals surface area contributed by atoms with Crippen molar-refractivity contribution in [3.63, 3.8) is 0 Å². The van der Waals surface area contributed by atoms with E-state index in [0.29, 0.717) is 23.0 Å². The summed E-state index contributed by atoms with van der Waals surface area (Å²) in [7, 11) is 0. The molecular formula is C19H24ClN3O3. The molecule has 0 aliphatic carbocycles. The molecule has 7 heteroatoms. The van der Waals surface area contributed by atoms with E-state index in [4.69, 9.17) is 16.7 Å². The van der Waals surface area contributed by atoms with Gasteiger partial charge in [0.25, 0.3) is 5.56 Å². The number of hydrogen-bond acceptors (Lipinski definition) is 4. The van der Waals surface area contributed by atoms with E-state index < -0.39 is 0 Å². The largest absolute Gasteiger partial charge is 0.395 e. The lowest BCUT2D eigenvalue weighted by molar-refractivity contribution is -0.121. The topological polar surface area (TPSA) is 84.2 Å². The van der Waals surface area contributed by atoms with Gasteiger partial charge < -0.3 is 10.4 Å². The number of unbranched alkanes of at least 4 members (excludes halogenated alkanes) is 2. The quantitative estimate of drug-likeness (QED) is 0.657. The minimum absolute atomic E-state index is 0.103. The molecule has 6 nitrogen and oxygen atoms in total. The summed E-state index contributed by atoms with van der Waals surface area (Å²) in [6.07, 6.45) is 3.60. The van der Waals surface area contributed by atoms with E-state index in [2.05, 4.69) is 17.2 Å². The number of carbonyl (C=O) groups is 1. The number of carbonyl (C=O) groups excluding carboxylic acids is 1. The molecule has 1 amide bonds. The van der Waals surface area contributed by atoms with E-state index >= 15 is 0 Å². The molecule has 0 radical (unpaired) electrons. The third-order valence-electron chi connectivity index (χ3n) is 3.97. The molecule has 2 N–H and O–H groups in total. The summed E-state index contributed by atoms with van der Waals surface area (Å²) in [6.45, 7) is 2.02. The van der Waals surface area contributed by atoms with Crippen LogP contribution in [0.15, 0.2) is 35.1 Å². The van der Waals surface area contributed by atoms with E-state index in [9.17, 15) is 9.59 Å². The highest BCUT2D eigenvalue weighted by Gasteiger charge is 2.13. The molecule has 140 valence electrons. The van der Waals surface area contributed by atoms with Gasteiger partial charge in [-0.25, -0.2) is 4.98 Å². The van der Waals surface area contributed by atoms with Crippen LogP contribution in [0.5, 0.6) is 0 Å². The number of aromatic nitrogens is 2. The zero-order valence-electron chi connectivity index (χ0n) is 14.9. The van der Waals surface area contributed by atoms with E-state index in [1.807, 2.05) is 12.1 Å². The summed E-state index contributed by atoms with van der Waals surface area (Å²) in [4.78, 5) is 29.2. The highest BCUT2D eigenvalue weighted by molar-refractivity contribution is 6.30. The number of halogens is 1. The third kappa shape index (κ3) is 5.68. The summed E-state index contributed by atoms with van der Waals surface area (Å²) >= 11 is 5.92. The lowest BCUT2D eigenvalue weighted by Gasteiger charge is -2.14. The molecule has 0 spiro atoms. The van der Waals surface area contributed by atoms with Crippen LogP contribution in [0.1, 0.15) is 32.0 Å². The van der Waals surface area contributed by atoms with Crippen LogP contribution in [-0.4, -0.2) is 33.7 Å². The number of nitrogens with one attached hydrogen (secondary N) is 1. The predicted octanol–water partition coefficient (Wildman–Crippen LogP) is 2.40. The average Bonchev–Trinajstić information content (AvgIpc) is 2.63. The number of benzene rings is 1. The number of rotatable bonds is 9. The van der Waals surface area contributed by atoms with Crippen molar-refractivity contribution in [3.8, 4) is 11.3 Å². The highest BCUT2D eigenvalue weighted by atomic mass is 35.5. The summed E-state index contributed by atoms with van der Waals surface area (Å²) < 4.78 is 1.40. The summed E-state index contributed by atoms with van der Waals surface area (Å²) in [5, 5.41) is 12.0. The van der Waals surface area contributed by atoms with Gasteiger partial charge in [0, 0.05) is 29.6 Å². The predicted molar refractivity (Wildman–Crippen MR) is 102 cm³/mol. The molecule has 0 aliphatic rings. The molecule has 26 heavy (non-hydrogen) atoms. The molecule has 0 saturated heterocycles. The fourth-order valence-electron chi connectivity index (χ4n) is 2.61. The van der Waals surface area contributed by atoms with Crippen molar-refractivity contribution in [2.24, 2.45) is 0 Å². The van der Waals surface area contributed by atoms with E-state index in [1.54, 1.807) is 12.1 Å². The Labute approximate surface area is 157 Å². The first-order valence-electron chi connectivity index (χ1n) is 8.79. The van der Waals surface area contributed by atoms with E-state index in [1.165, 1.54) is 10.6 Å². The Hall–Kier alpha value is -2.18. The van der Waals surface area contributed by atoms with Crippen LogP contribution in [0.3, 0.4) is 0 Å². The standard InChI is InChI=1S/C19H24ClN3O3/c1-2-3-4-5-17-22-16(14-6-8-15(20)9-7-14)12-19(26)23(17)13-18(25)21-10-11-24/h6-9,12,24H,2-5,10-11,13H2,1H3,(H,21,25). The van der Waals surface area contributed by atoms with Gasteiger partial charge in [-0.05, 0) is 18.6 Å². The molecule has 0 aliphatic heterocycles. The molecule has 0 unspecified atom stereocenters. The number of nitrogens with zero attached hydrogens (tertiary/aromatic N) is 2. The van der Waals surface area contributed by atoms with Crippen molar-refractivity contribution < 1.29 is 9.90 Å². The fraction of sp³-hybridized carbons (Fsp3) is 0.421. The Morgan fingerprint density at radius 3 is 2.65 bits per heavy atom. The second-order valence-electron chi connectivity index (χ2n) is 6.02. The fourth-order valence-corrected chi connectivity index (χ4v) is 2.74. The lowest BCUT2D eigenvalue weighted by Crippen LogP contribution is -2.35. The lowest BCUT2D eigenvalue weighted by atomic mass is 10.1. The summed E-state index contributed by atoms with van der Waals surface area (Å²) in [6, 6.07) is 8.58. The SMILES string of the molecule is CCCCCc1nc(-c2ccc(Cl)cc2)cc(=O)n1CC(=O)NCCO. The zero-order chi connectivity index (χ0) is 18.9. The van der Waals surface area contributed by atoms with Crippen molar-refractivity contribution in [3.05, 3.63) is 51.5 Å². The van der Waals surface area contributed by atoms with E-state index in [-0.39, 0.29) is 31.2 Å². The van der Waals surface area contributed by atoms with Crippen LogP contribution in [0, 0.1) is 0 Å². The average molecular weight is 378 g/mol. The van der Waals surface area contributed by atoms with Crippen LogP contribution in [0.2, 0.25) is 5.02 Å². The third-order valence-corrected chi connectivity index (χ3v) is 4.22. The Kier molecular flexibility index (Phi) is 7.81. The van der Waals surface area contributed by atoms with Gasteiger partial charge in [-0.2, -0.15) is 0 Å². The van der Waals surface area contributed by atoms with Crippen molar-refractivity contribution in [2.75, 3.05) is 13.2 Å². The van der Waals surface area contributed by atoms with Crippen LogP contribution >= 0.6 is 11.6 Å². The van der Waals surface area contributed by atoms with Gasteiger partial charge in [-0.3, -0.25) is 14.2 Å². The molecule has 1 aromatic heterocycles. The molecule has 0 bridgehead atoms. The van der Waals surface area contributed by atoms with Crippen LogP contribution in [0.4, 0.5) is 0 Å². The molecule has 0 saturated carbocycles. The van der Waals surface area contributed by atoms with E-state index in [0.717, 1.165) is 24.8 Å². The van der Waals surface area contributed by atoms with Gasteiger partial charge in [0.05, 0.1) is 12.3 Å². The monoisotopic (exact) mass is 377 g/mol. The van der Waals surface area contributed by atoms with Crippen molar-refractivity contribution in [1.82, 2.24) is 14.9 Å². The molecule has 2 aromatic rings. The summed E-state index contributed by atoms with van der Waals surface area (Å²) in [5.41, 5.74) is 1.11. The zero-order valence-corrected chi connectivity index (χ0v) is 15.6. The number of aliphatic hydroxyl groups excluding tert-OH is 1. The van der Waals surface area contributed by atoms with Gasteiger partial charge in [0.1, 0.15) is 12.4 Å². The molecule has 2 rings (SSSR count). The first-order chi connectivity index (χ1) is 12.5. The van der Waals surface area contributed by atoms with Crippen molar-refractivity contribution >= 4 is 17.5 Å². The number of hydrogen-bond donors (Lipinski definition) is 2. The molecular weight excluding hydrogens is 354 g/mol. The molecule has 0 atom stereocenters. The second-order valence-corrected chi connectivity index (χ2v) is 6.46. The Morgan fingerprint density at radius 1 is 1.27 bits per heavy atom. The smallest absolute Gasteiger partial charge is 0.254 e. The maximum atomic E-state index is 12.6. The van der Waals surface area contributed by atoms with Gasteiger partial charge in [-0.15, -0.1) is 0 Å². The second kappa shape index (κ2) is 10.1. The Bertz CT molecular complexity index is 788. The first kappa shape index (κ1) is 20.1. The van der Waals surface area contributed by atoms with Crippen LogP contribution < -0.4 is 10.9 Å². The number of aryl methyl sites for hydroxylation is 1. The normalized spacial score (nSPS) is 10.7. The maximum absolute atomic E-state index is 12.6. The number of aliphatic hydroxyl groups is 1. The molecule has 1 aromatic carbocycles.